The summed E-state index contributed by atoms with van der Waals surface area (Å²) in [5.41, 5.74) is 11.6. The summed E-state index contributed by atoms with van der Waals surface area (Å²) in [5, 5.41) is 15.2. The van der Waals surface area contributed by atoms with Gasteiger partial charge in [-0.15, -0.1) is 0 Å². The van der Waals surface area contributed by atoms with E-state index in [4.69, 9.17) is 11.5 Å². The van der Waals surface area contributed by atoms with Crippen molar-refractivity contribution in [2.45, 2.75) is 104 Å². The summed E-state index contributed by atoms with van der Waals surface area (Å²) in [5.74, 6) is -6.95. The number of nitrogens with one attached hydrogen (secondary N) is 6. The van der Waals surface area contributed by atoms with Crippen LogP contribution in [0.5, 0.6) is 0 Å². The van der Waals surface area contributed by atoms with E-state index < -0.39 is 103 Å². The van der Waals surface area contributed by atoms with E-state index in [-0.39, 0.29) is 35.9 Å². The summed E-state index contributed by atoms with van der Waals surface area (Å²) in [6, 6.07) is -0.330. The molecular formula is C34H52N8O8. The number of primary amides is 1. The van der Waals surface area contributed by atoms with Crippen LogP contribution in [0.25, 0.3) is 0 Å². The van der Waals surface area contributed by atoms with Crippen LogP contribution in [0.4, 0.5) is 5.69 Å². The van der Waals surface area contributed by atoms with E-state index >= 15 is 0 Å². The molecule has 16 heteroatoms. The third-order valence-corrected chi connectivity index (χ3v) is 8.24. The number of hydrogen-bond acceptors (Lipinski definition) is 9. The van der Waals surface area contributed by atoms with Crippen molar-refractivity contribution in [2.75, 3.05) is 12.3 Å². The van der Waals surface area contributed by atoms with Crippen molar-refractivity contribution in [1.82, 2.24) is 31.9 Å². The number of amides is 7. The number of nitrogens with two attached hydrogens (primary N) is 2. The molecule has 0 spiro atoms. The summed E-state index contributed by atoms with van der Waals surface area (Å²) < 4.78 is 0. The number of rotatable bonds is 11. The van der Waals surface area contributed by atoms with Gasteiger partial charge in [0.15, 0.2) is 5.78 Å². The van der Waals surface area contributed by atoms with E-state index in [1.807, 2.05) is 27.7 Å². The van der Waals surface area contributed by atoms with Crippen molar-refractivity contribution in [3.63, 3.8) is 0 Å². The van der Waals surface area contributed by atoms with Crippen LogP contribution in [0.1, 0.15) is 84.0 Å². The minimum atomic E-state index is -1.51. The number of hydrogen-bond donors (Lipinski definition) is 8. The van der Waals surface area contributed by atoms with Gasteiger partial charge in [-0.1, -0.05) is 60.1 Å². The van der Waals surface area contributed by atoms with Crippen molar-refractivity contribution in [3.05, 3.63) is 29.8 Å². The molecule has 1 aromatic carbocycles. The van der Waals surface area contributed by atoms with E-state index in [1.165, 1.54) is 12.1 Å². The van der Waals surface area contributed by atoms with Crippen LogP contribution < -0.4 is 43.4 Å². The van der Waals surface area contributed by atoms with E-state index in [0.717, 1.165) is 0 Å². The average molecular weight is 701 g/mol. The van der Waals surface area contributed by atoms with Crippen LogP contribution in [0.2, 0.25) is 0 Å². The maximum atomic E-state index is 13.8. The number of carbonyl (C=O) groups is 8. The van der Waals surface area contributed by atoms with Gasteiger partial charge in [0.2, 0.25) is 41.4 Å². The Labute approximate surface area is 292 Å². The van der Waals surface area contributed by atoms with Gasteiger partial charge in [-0.05, 0) is 42.7 Å². The molecule has 0 aliphatic carbocycles. The molecule has 1 aliphatic rings. The van der Waals surface area contributed by atoms with Gasteiger partial charge in [0.1, 0.15) is 30.2 Å². The molecule has 276 valence electrons. The van der Waals surface area contributed by atoms with Gasteiger partial charge in [0.05, 0.1) is 13.0 Å². The molecule has 6 atom stereocenters. The zero-order valence-electron chi connectivity index (χ0n) is 29.6. The average Bonchev–Trinajstić information content (AvgIpc) is 3.03. The van der Waals surface area contributed by atoms with Crippen molar-refractivity contribution < 1.29 is 38.4 Å². The Bertz CT molecular complexity index is 1430. The second-order valence-corrected chi connectivity index (χ2v) is 13.5. The molecule has 16 nitrogen and oxygen atoms in total. The Balaban J connectivity index is 2.60. The molecule has 10 N–H and O–H groups in total. The Kier molecular flexibility index (Phi) is 15.8. The Morgan fingerprint density at radius 1 is 0.700 bits per heavy atom. The number of nitrogen functional groups attached to an aromatic ring is 1. The summed E-state index contributed by atoms with van der Waals surface area (Å²) in [7, 11) is 0. The lowest BCUT2D eigenvalue weighted by molar-refractivity contribution is -0.137. The molecule has 0 radical (unpaired) electrons. The van der Waals surface area contributed by atoms with Crippen molar-refractivity contribution >= 4 is 52.8 Å². The predicted octanol–water partition coefficient (Wildman–Crippen LogP) is -0.591. The highest BCUT2D eigenvalue weighted by atomic mass is 16.2. The fraction of sp³-hybridized carbons (Fsp3) is 0.588. The molecule has 0 saturated carbocycles. The highest BCUT2D eigenvalue weighted by Crippen LogP contribution is 2.16. The van der Waals surface area contributed by atoms with Crippen molar-refractivity contribution in [3.8, 4) is 0 Å². The predicted molar refractivity (Wildman–Crippen MR) is 185 cm³/mol. The second kappa shape index (κ2) is 19.2. The fourth-order valence-electron chi connectivity index (χ4n) is 5.37. The number of Topliss-reactive ketones (excluding diaryl/α,β-unsaturated/α-hetero) is 1. The number of carbonyl (C=O) groups excluding carboxylic acids is 8. The van der Waals surface area contributed by atoms with Crippen molar-refractivity contribution in [2.24, 2.45) is 23.5 Å². The van der Waals surface area contributed by atoms with E-state index in [0.29, 0.717) is 6.42 Å². The van der Waals surface area contributed by atoms with Gasteiger partial charge in [-0.25, -0.2) is 0 Å². The highest BCUT2D eigenvalue weighted by molar-refractivity contribution is 6.05. The van der Waals surface area contributed by atoms with Crippen molar-refractivity contribution in [1.29, 1.82) is 0 Å². The molecule has 1 saturated heterocycles. The first-order valence-electron chi connectivity index (χ1n) is 16.9. The van der Waals surface area contributed by atoms with Crippen LogP contribution >= 0.6 is 0 Å². The highest BCUT2D eigenvalue weighted by Gasteiger charge is 2.36. The van der Waals surface area contributed by atoms with Crippen LogP contribution in [0, 0.1) is 17.8 Å². The number of anilines is 1. The van der Waals surface area contributed by atoms with Gasteiger partial charge in [0.25, 0.3) is 0 Å². The molecule has 1 aliphatic heterocycles. The lowest BCUT2D eigenvalue weighted by atomic mass is 9.95. The molecule has 0 aromatic heterocycles. The van der Waals surface area contributed by atoms with Gasteiger partial charge in [-0.3, -0.25) is 38.4 Å². The van der Waals surface area contributed by atoms with Gasteiger partial charge in [0, 0.05) is 17.7 Å². The molecule has 1 heterocycles. The van der Waals surface area contributed by atoms with E-state index in [9.17, 15) is 38.4 Å². The molecule has 7 amide bonds. The molecule has 50 heavy (non-hydrogen) atoms. The normalized spacial score (nSPS) is 23.7. The monoisotopic (exact) mass is 700 g/mol. The van der Waals surface area contributed by atoms with Gasteiger partial charge in [-0.2, -0.15) is 0 Å². The summed E-state index contributed by atoms with van der Waals surface area (Å²) in [6.07, 6.45) is -0.418. The topological polar surface area (TPSA) is 261 Å². The van der Waals surface area contributed by atoms with E-state index in [2.05, 4.69) is 31.9 Å². The lowest BCUT2D eigenvalue weighted by Gasteiger charge is -2.30. The third kappa shape index (κ3) is 12.8. The number of benzene rings is 1. The smallest absolute Gasteiger partial charge is 0.243 e. The molecule has 0 bridgehead atoms. The largest absolute Gasteiger partial charge is 0.398 e. The number of ketones is 1. The Hall–Kier alpha value is -5.02. The first-order chi connectivity index (χ1) is 23.4. The van der Waals surface area contributed by atoms with Gasteiger partial charge >= 0.3 is 0 Å². The standard InChI is InChI=1S/C34H52N8O8/c1-7-19(6)29-34(50)41-25(15-27(36)44)30(46)37-16-28(45)38-24(14-26(43)20-10-8-9-11-21(20)35)32(48)39-22(12-17(2)3)31(47)40-23(13-18(4)5)33(49)42-29/h8-11,17-19,22-25,29H,7,12-16,35H2,1-6H3,(H2,36,44)(H,37,46)(H,38,45)(H,39,48)(H,40,47)(H,41,50)(H,42,49)/t19-,22+,23-,24+,25+,29+/m1/s1. The Morgan fingerprint density at radius 3 is 1.72 bits per heavy atom. The zero-order valence-corrected chi connectivity index (χ0v) is 29.6. The van der Waals surface area contributed by atoms with Crippen LogP contribution in [0.15, 0.2) is 24.3 Å². The van der Waals surface area contributed by atoms with Crippen LogP contribution in [-0.4, -0.2) is 83.9 Å². The maximum Gasteiger partial charge on any atom is 0.243 e. The maximum absolute atomic E-state index is 13.8. The molecule has 1 aromatic rings. The molecule has 1 fully saturated rings. The summed E-state index contributed by atoms with van der Waals surface area (Å²) in [4.78, 5) is 106. The SMILES string of the molecule is CC[C@@H](C)[C@@H]1NC(=O)[C@@H](CC(C)C)NC(=O)[C@H](CC(C)C)NC(=O)[C@H](CC(=O)c2ccccc2N)NC(=O)CNC(=O)[C@H](CC(N)=O)NC1=O. The zero-order chi connectivity index (χ0) is 37.7. The molecule has 0 unspecified atom stereocenters. The lowest BCUT2D eigenvalue weighted by Crippen LogP contribution is -2.61. The quantitative estimate of drug-likeness (QED) is 0.108. The third-order valence-electron chi connectivity index (χ3n) is 8.24. The second-order valence-electron chi connectivity index (χ2n) is 13.5. The minimum absolute atomic E-state index is 0.0856. The summed E-state index contributed by atoms with van der Waals surface area (Å²) in [6.45, 7) is 10.1. The van der Waals surface area contributed by atoms with Crippen LogP contribution in [0.3, 0.4) is 0 Å². The minimum Gasteiger partial charge on any atom is -0.398 e. The fourth-order valence-corrected chi connectivity index (χ4v) is 5.37. The Morgan fingerprint density at radius 2 is 1.20 bits per heavy atom. The van der Waals surface area contributed by atoms with E-state index in [1.54, 1.807) is 26.0 Å². The molecular weight excluding hydrogens is 648 g/mol. The van der Waals surface area contributed by atoms with Crippen LogP contribution in [-0.2, 0) is 33.6 Å². The molecule has 2 rings (SSSR count). The first-order valence-corrected chi connectivity index (χ1v) is 16.9. The summed E-state index contributed by atoms with van der Waals surface area (Å²) >= 11 is 0. The number of para-hydroxylation sites is 1. The first kappa shape index (κ1) is 41.2. The van der Waals surface area contributed by atoms with Gasteiger partial charge < -0.3 is 43.4 Å².